The third-order valence-corrected chi connectivity index (χ3v) is 16.8. The highest BCUT2D eigenvalue weighted by molar-refractivity contribution is 6.09. The summed E-state index contributed by atoms with van der Waals surface area (Å²) in [7, 11) is 0. The molecule has 6 N–H and O–H groups in total. The van der Waals surface area contributed by atoms with Crippen LogP contribution in [0.5, 0.6) is 0 Å². The van der Waals surface area contributed by atoms with E-state index in [0.29, 0.717) is 53.9 Å². The summed E-state index contributed by atoms with van der Waals surface area (Å²) in [5.74, 6) is -0.552. The number of Topliss-reactive ketones (excluding diaryl/α,β-unsaturated/α-hetero) is 2. The zero-order valence-corrected chi connectivity index (χ0v) is 52.0. The molecule has 0 fully saturated rings. The fourth-order valence-electron chi connectivity index (χ4n) is 11.9. The number of ketones is 2. The Morgan fingerprint density at radius 3 is 1.89 bits per heavy atom. The van der Waals surface area contributed by atoms with Crippen molar-refractivity contribution in [2.24, 2.45) is 17.6 Å². The summed E-state index contributed by atoms with van der Waals surface area (Å²) in [6.07, 6.45) is 17.5. The molecule has 1 aliphatic carbocycles. The number of hydrogen-bond acceptors (Lipinski definition) is 10. The summed E-state index contributed by atoms with van der Waals surface area (Å²) in [5.41, 5.74) is 15.1. The van der Waals surface area contributed by atoms with Crippen molar-refractivity contribution >= 4 is 69.1 Å². The highest BCUT2D eigenvalue weighted by Gasteiger charge is 2.33. The highest BCUT2D eigenvalue weighted by atomic mass is 16.6. The van der Waals surface area contributed by atoms with Crippen LogP contribution in [0.3, 0.4) is 0 Å². The molecule has 5 amide bonds. The number of carbonyl (C=O) groups is 6. The Kier molecular flexibility index (Phi) is 25.1. The maximum absolute atomic E-state index is 14.0. The van der Waals surface area contributed by atoms with Gasteiger partial charge in [-0.15, -0.1) is 0 Å². The van der Waals surface area contributed by atoms with Gasteiger partial charge in [-0.25, -0.2) is 24.4 Å². The van der Waals surface area contributed by atoms with E-state index in [0.717, 1.165) is 88.6 Å². The first-order valence-corrected chi connectivity index (χ1v) is 32.2. The fraction of sp³-hybridized carbons (Fsp3) is 0.444. The van der Waals surface area contributed by atoms with Crippen LogP contribution in [0.1, 0.15) is 183 Å². The van der Waals surface area contributed by atoms with Crippen LogP contribution < -0.4 is 27.0 Å². The standard InChI is InChI=1S/C72H90N8O8/c1-5-7-9-10-11-12-13-14-15-16-17-26-55(81)43-40-50-34-36-51(37-35-50)46-80-64(33-8-6-2)77-66-67(80)60-31-22-23-32-62(60)76-68(66)79-72(86)87-47-52-38-41-54(42-39-52)75-69(83)53(25-24-44-74-70(73)84)45-63(82)65(49(3)4)78-71(85)88-48-61-58-29-20-18-27-56(58)57-28-19-21-30-59(57)61/h18-23,27-32,34-39,41-42,49,53,61,65H,5-17,24-26,33,40,43-48H2,1-4H3,(H,75,83)(H,78,85)(H3,73,74,84)(H,76,79,86)/t53-,65+/m1/s1. The Hall–Kier alpha value is -8.40. The van der Waals surface area contributed by atoms with Crippen LogP contribution in [0.2, 0.25) is 0 Å². The molecule has 0 radical (unpaired) electrons. The minimum absolute atomic E-state index is 0.0812. The molecular weight excluding hydrogens is 1100 g/mol. The molecule has 2 aromatic heterocycles. The first kappa shape index (κ1) is 65.6. The van der Waals surface area contributed by atoms with Crippen molar-refractivity contribution in [3.63, 3.8) is 0 Å². The second-order valence-corrected chi connectivity index (χ2v) is 23.9. The molecule has 88 heavy (non-hydrogen) atoms. The predicted molar refractivity (Wildman–Crippen MR) is 349 cm³/mol. The summed E-state index contributed by atoms with van der Waals surface area (Å²) in [5, 5.41) is 12.1. The summed E-state index contributed by atoms with van der Waals surface area (Å²) in [6.45, 7) is 8.79. The molecule has 0 spiro atoms. The van der Waals surface area contributed by atoms with Crippen LogP contribution in [-0.2, 0) is 49.9 Å². The molecule has 0 bridgehead atoms. The number of nitrogens with two attached hydrogens (primary N) is 1. The number of alkyl carbamates (subject to hydrolysis) is 1. The molecule has 8 rings (SSSR count). The predicted octanol–water partition coefficient (Wildman–Crippen LogP) is 15.5. The number of urea groups is 1. The molecule has 1 aliphatic rings. The quantitative estimate of drug-likeness (QED) is 0.0234. The van der Waals surface area contributed by atoms with Crippen molar-refractivity contribution in [1.82, 2.24) is 25.2 Å². The zero-order chi connectivity index (χ0) is 62.2. The summed E-state index contributed by atoms with van der Waals surface area (Å²) < 4.78 is 13.8. The van der Waals surface area contributed by atoms with E-state index in [1.165, 1.54) is 57.8 Å². The first-order chi connectivity index (χ1) is 42.8. The topological polar surface area (TPSA) is 226 Å². The zero-order valence-electron chi connectivity index (χ0n) is 52.0. The third-order valence-electron chi connectivity index (χ3n) is 16.8. The Morgan fingerprint density at radius 1 is 0.614 bits per heavy atom. The van der Waals surface area contributed by atoms with E-state index in [9.17, 15) is 28.8 Å². The fourth-order valence-corrected chi connectivity index (χ4v) is 11.9. The smallest absolute Gasteiger partial charge is 0.413 e. The van der Waals surface area contributed by atoms with E-state index < -0.39 is 36.1 Å². The van der Waals surface area contributed by atoms with Crippen LogP contribution in [0.15, 0.2) is 121 Å². The number of unbranched alkanes of at least 4 members (excludes halogenated alkanes) is 11. The van der Waals surface area contributed by atoms with Crippen LogP contribution >= 0.6 is 0 Å². The van der Waals surface area contributed by atoms with E-state index in [-0.39, 0.29) is 56.0 Å². The number of pyridine rings is 1. The number of amides is 5. The number of rotatable bonds is 36. The number of para-hydroxylation sites is 1. The number of nitrogens with zero attached hydrogens (tertiary/aromatic N) is 3. The SMILES string of the molecule is CCCCCCCCCCCCCC(=O)CCc1ccc(Cn2c(CCCC)nc3c(NC(=O)OCc4ccc(NC(=O)[C@H](CCCNC(N)=O)CC(=O)[C@@H](NC(=O)OCC5c6ccccc6-c6ccccc65)C(C)C)cc4)nc4ccccc4c32)cc1. The van der Waals surface area contributed by atoms with Crippen LogP contribution in [0.4, 0.5) is 25.9 Å². The van der Waals surface area contributed by atoms with Gasteiger partial charge in [0.2, 0.25) is 5.91 Å². The van der Waals surface area contributed by atoms with Crippen molar-refractivity contribution in [3.8, 4) is 11.1 Å². The van der Waals surface area contributed by atoms with Crippen molar-refractivity contribution in [2.75, 3.05) is 23.8 Å². The minimum atomic E-state index is -0.937. The number of benzene rings is 5. The monoisotopic (exact) mass is 1190 g/mol. The summed E-state index contributed by atoms with van der Waals surface area (Å²) >= 11 is 0. The molecule has 16 nitrogen and oxygen atoms in total. The van der Waals surface area contributed by atoms with Gasteiger partial charge in [-0.05, 0) is 95.2 Å². The molecule has 16 heteroatoms. The molecule has 0 saturated heterocycles. The van der Waals surface area contributed by atoms with E-state index >= 15 is 0 Å². The van der Waals surface area contributed by atoms with Gasteiger partial charge >= 0.3 is 18.2 Å². The Labute approximate surface area is 518 Å². The number of fused-ring (bicyclic) bond motifs is 6. The van der Waals surface area contributed by atoms with Gasteiger partial charge < -0.3 is 35.7 Å². The molecule has 466 valence electrons. The second kappa shape index (κ2) is 33.6. The Morgan fingerprint density at radius 2 is 1.23 bits per heavy atom. The highest BCUT2D eigenvalue weighted by Crippen LogP contribution is 2.44. The number of carbonyl (C=O) groups excluding carboxylic acids is 6. The number of primary amides is 1. The van der Waals surface area contributed by atoms with Gasteiger partial charge in [0.1, 0.15) is 30.3 Å². The van der Waals surface area contributed by atoms with Gasteiger partial charge in [0.15, 0.2) is 11.6 Å². The maximum atomic E-state index is 14.0. The van der Waals surface area contributed by atoms with Gasteiger partial charge in [0, 0.05) is 61.7 Å². The van der Waals surface area contributed by atoms with Crippen molar-refractivity contribution in [2.45, 2.75) is 181 Å². The summed E-state index contributed by atoms with van der Waals surface area (Å²) in [6, 6.07) is 37.6. The largest absolute Gasteiger partial charge is 0.449 e. The minimum Gasteiger partial charge on any atom is -0.449 e. The van der Waals surface area contributed by atoms with Gasteiger partial charge in [-0.3, -0.25) is 19.7 Å². The summed E-state index contributed by atoms with van der Waals surface area (Å²) in [4.78, 5) is 89.4. The number of imidazole rings is 1. The number of nitrogens with one attached hydrogen (secondary N) is 4. The Bertz CT molecular complexity index is 3400. The average molecular weight is 1200 g/mol. The van der Waals surface area contributed by atoms with Crippen molar-refractivity contribution in [3.05, 3.63) is 155 Å². The molecule has 7 aromatic rings. The van der Waals surface area contributed by atoms with Gasteiger partial charge in [0.05, 0.1) is 17.1 Å². The second-order valence-electron chi connectivity index (χ2n) is 23.9. The lowest BCUT2D eigenvalue weighted by Crippen LogP contribution is -2.46. The number of aromatic nitrogens is 3. The number of anilines is 2. The number of hydrogen-bond donors (Lipinski definition) is 5. The van der Waals surface area contributed by atoms with Crippen LogP contribution in [0, 0.1) is 11.8 Å². The normalized spacial score (nSPS) is 12.6. The molecule has 2 heterocycles. The first-order valence-electron chi connectivity index (χ1n) is 32.2. The van der Waals surface area contributed by atoms with Gasteiger partial charge in [-0.1, -0.05) is 201 Å². The maximum Gasteiger partial charge on any atom is 0.413 e. The van der Waals surface area contributed by atoms with Crippen molar-refractivity contribution < 1.29 is 38.2 Å². The van der Waals surface area contributed by atoms with Gasteiger partial charge in [0.25, 0.3) is 0 Å². The lowest BCUT2D eigenvalue weighted by molar-refractivity contribution is -0.128. The van der Waals surface area contributed by atoms with Crippen LogP contribution in [0.25, 0.3) is 33.1 Å². The molecule has 5 aromatic carbocycles. The van der Waals surface area contributed by atoms with E-state index in [1.807, 2.05) is 74.5 Å². The van der Waals surface area contributed by atoms with E-state index in [1.54, 1.807) is 24.3 Å². The van der Waals surface area contributed by atoms with E-state index in [4.69, 9.17) is 25.2 Å². The van der Waals surface area contributed by atoms with Crippen LogP contribution in [-0.4, -0.2) is 69.4 Å². The molecule has 0 saturated carbocycles. The lowest BCUT2D eigenvalue weighted by Gasteiger charge is -2.24. The molecule has 0 unspecified atom stereocenters. The van der Waals surface area contributed by atoms with Gasteiger partial charge in [-0.2, -0.15) is 0 Å². The van der Waals surface area contributed by atoms with E-state index in [2.05, 4.69) is 76.1 Å². The third kappa shape index (κ3) is 18.8. The molecular formula is C72H90N8O8. The Balaban J connectivity index is 0.849. The lowest BCUT2D eigenvalue weighted by atomic mass is 9.89. The van der Waals surface area contributed by atoms with Crippen molar-refractivity contribution in [1.29, 1.82) is 0 Å². The number of aryl methyl sites for hydroxylation is 2. The average Bonchev–Trinajstić information content (AvgIpc) is 1.68. The number of ether oxygens (including phenoxy) is 2. The molecule has 2 atom stereocenters. The molecule has 0 aliphatic heterocycles.